The molecule has 106 valence electrons. The SMILES string of the molecule is COc1cc(C(=O)N2CCC=C(C(=O)O)C2)ccc1C. The van der Waals surface area contributed by atoms with E-state index in [1.54, 1.807) is 30.2 Å². The number of aryl methyl sites for hydroxylation is 1. The molecule has 1 aliphatic rings. The van der Waals surface area contributed by atoms with Gasteiger partial charge >= 0.3 is 5.97 Å². The highest BCUT2D eigenvalue weighted by Gasteiger charge is 2.23. The number of carbonyl (C=O) groups is 2. The van der Waals surface area contributed by atoms with Gasteiger partial charge in [0, 0.05) is 12.1 Å². The second-order valence-corrected chi connectivity index (χ2v) is 4.73. The molecule has 0 aromatic heterocycles. The van der Waals surface area contributed by atoms with Crippen LogP contribution in [-0.2, 0) is 4.79 Å². The molecule has 0 unspecified atom stereocenters. The number of ether oxygens (including phenoxy) is 1. The topological polar surface area (TPSA) is 66.8 Å². The molecule has 2 rings (SSSR count). The summed E-state index contributed by atoms with van der Waals surface area (Å²) in [7, 11) is 1.56. The van der Waals surface area contributed by atoms with Gasteiger partial charge < -0.3 is 14.7 Å². The first kappa shape index (κ1) is 14.1. The average molecular weight is 275 g/mol. The molecule has 1 aromatic carbocycles. The van der Waals surface area contributed by atoms with Gasteiger partial charge in [-0.05, 0) is 31.0 Å². The van der Waals surface area contributed by atoms with Crippen molar-refractivity contribution in [1.29, 1.82) is 0 Å². The molecular formula is C15H17NO4. The number of rotatable bonds is 3. The molecule has 0 saturated carbocycles. The van der Waals surface area contributed by atoms with Crippen LogP contribution in [0.1, 0.15) is 22.3 Å². The molecule has 0 radical (unpaired) electrons. The Morgan fingerprint density at radius 3 is 2.75 bits per heavy atom. The van der Waals surface area contributed by atoms with Gasteiger partial charge in [0.05, 0.1) is 19.2 Å². The van der Waals surface area contributed by atoms with Crippen LogP contribution in [0.4, 0.5) is 0 Å². The Balaban J connectivity index is 2.20. The molecule has 0 aliphatic carbocycles. The van der Waals surface area contributed by atoms with E-state index in [0.717, 1.165) is 5.56 Å². The van der Waals surface area contributed by atoms with E-state index in [1.165, 1.54) is 0 Å². The van der Waals surface area contributed by atoms with Crippen molar-refractivity contribution in [3.63, 3.8) is 0 Å². The quantitative estimate of drug-likeness (QED) is 0.914. The van der Waals surface area contributed by atoms with Crippen LogP contribution in [0.25, 0.3) is 0 Å². The van der Waals surface area contributed by atoms with Gasteiger partial charge in [0.1, 0.15) is 5.75 Å². The monoisotopic (exact) mass is 275 g/mol. The van der Waals surface area contributed by atoms with E-state index in [-0.39, 0.29) is 18.0 Å². The standard InChI is InChI=1S/C15H17NO4/c1-10-5-6-11(8-13(10)20-2)14(17)16-7-3-4-12(9-16)15(18)19/h4-6,8H,3,7,9H2,1-2H3,(H,18,19). The highest BCUT2D eigenvalue weighted by molar-refractivity contribution is 5.96. The Bertz CT molecular complexity index is 577. The largest absolute Gasteiger partial charge is 0.496 e. The van der Waals surface area contributed by atoms with Crippen LogP contribution in [-0.4, -0.2) is 42.1 Å². The van der Waals surface area contributed by atoms with Crippen LogP contribution < -0.4 is 4.74 Å². The zero-order valence-electron chi connectivity index (χ0n) is 11.5. The molecule has 0 fully saturated rings. The highest BCUT2D eigenvalue weighted by Crippen LogP contribution is 2.21. The van der Waals surface area contributed by atoms with Crippen molar-refractivity contribution in [1.82, 2.24) is 4.90 Å². The predicted octanol–water partition coefficient (Wildman–Crippen LogP) is 1.86. The number of amides is 1. The summed E-state index contributed by atoms with van der Waals surface area (Å²) in [5, 5.41) is 9.00. The number of carbonyl (C=O) groups excluding carboxylic acids is 1. The number of carboxylic acid groups (broad SMARTS) is 1. The summed E-state index contributed by atoms with van der Waals surface area (Å²) in [4.78, 5) is 24.9. The third kappa shape index (κ3) is 2.82. The Morgan fingerprint density at radius 1 is 1.35 bits per heavy atom. The number of carboxylic acids is 1. The molecule has 1 aromatic rings. The molecule has 5 heteroatoms. The maximum atomic E-state index is 12.4. The van der Waals surface area contributed by atoms with Crippen LogP contribution in [0.2, 0.25) is 0 Å². The maximum Gasteiger partial charge on any atom is 0.333 e. The lowest BCUT2D eigenvalue weighted by molar-refractivity contribution is -0.132. The minimum Gasteiger partial charge on any atom is -0.496 e. The Kier molecular flexibility index (Phi) is 4.08. The van der Waals surface area contributed by atoms with Crippen molar-refractivity contribution in [2.24, 2.45) is 0 Å². The van der Waals surface area contributed by atoms with Crippen molar-refractivity contribution in [2.45, 2.75) is 13.3 Å². The molecule has 1 amide bonds. The number of benzene rings is 1. The van der Waals surface area contributed by atoms with E-state index in [1.807, 2.05) is 13.0 Å². The summed E-state index contributed by atoms with van der Waals surface area (Å²) in [6.07, 6.45) is 2.23. The number of aliphatic carboxylic acids is 1. The fourth-order valence-corrected chi connectivity index (χ4v) is 2.21. The average Bonchev–Trinajstić information content (AvgIpc) is 2.47. The minimum absolute atomic E-state index is 0.143. The Morgan fingerprint density at radius 2 is 2.10 bits per heavy atom. The predicted molar refractivity (Wildman–Crippen MR) is 74.0 cm³/mol. The van der Waals surface area contributed by atoms with Gasteiger partial charge in [0.15, 0.2) is 0 Å². The van der Waals surface area contributed by atoms with E-state index in [0.29, 0.717) is 24.3 Å². The number of hydrogen-bond acceptors (Lipinski definition) is 3. The lowest BCUT2D eigenvalue weighted by atomic mass is 10.1. The smallest absolute Gasteiger partial charge is 0.333 e. The van der Waals surface area contributed by atoms with Crippen LogP contribution in [0, 0.1) is 6.92 Å². The lowest BCUT2D eigenvalue weighted by Crippen LogP contribution is -2.37. The first-order valence-corrected chi connectivity index (χ1v) is 6.39. The van der Waals surface area contributed by atoms with Gasteiger partial charge in [-0.3, -0.25) is 4.79 Å². The van der Waals surface area contributed by atoms with Gasteiger partial charge in [-0.2, -0.15) is 0 Å². The number of methoxy groups -OCH3 is 1. The summed E-state index contributed by atoms with van der Waals surface area (Å²) >= 11 is 0. The summed E-state index contributed by atoms with van der Waals surface area (Å²) < 4.78 is 5.21. The van der Waals surface area contributed by atoms with Gasteiger partial charge in [0.25, 0.3) is 5.91 Å². The van der Waals surface area contributed by atoms with Crippen LogP contribution in [0.5, 0.6) is 5.75 Å². The second-order valence-electron chi connectivity index (χ2n) is 4.73. The summed E-state index contributed by atoms with van der Waals surface area (Å²) in [5.41, 5.74) is 1.73. The fourth-order valence-electron chi connectivity index (χ4n) is 2.21. The zero-order valence-corrected chi connectivity index (χ0v) is 11.5. The summed E-state index contributed by atoms with van der Waals surface area (Å²) in [6, 6.07) is 5.25. The summed E-state index contributed by atoms with van der Waals surface area (Å²) in [6.45, 7) is 2.58. The number of hydrogen-bond donors (Lipinski definition) is 1. The van der Waals surface area contributed by atoms with Crippen molar-refractivity contribution in [3.8, 4) is 5.75 Å². The van der Waals surface area contributed by atoms with Gasteiger partial charge in [-0.25, -0.2) is 4.79 Å². The van der Waals surface area contributed by atoms with E-state index in [4.69, 9.17) is 9.84 Å². The Hall–Kier alpha value is -2.30. The molecule has 20 heavy (non-hydrogen) atoms. The molecule has 1 N–H and O–H groups in total. The molecule has 0 saturated heterocycles. The lowest BCUT2D eigenvalue weighted by Gasteiger charge is -2.26. The molecule has 1 heterocycles. The van der Waals surface area contributed by atoms with Gasteiger partial charge in [-0.15, -0.1) is 0 Å². The van der Waals surface area contributed by atoms with E-state index >= 15 is 0 Å². The van der Waals surface area contributed by atoms with Gasteiger partial charge in [-0.1, -0.05) is 12.1 Å². The molecule has 5 nitrogen and oxygen atoms in total. The maximum absolute atomic E-state index is 12.4. The fraction of sp³-hybridized carbons (Fsp3) is 0.333. The van der Waals surface area contributed by atoms with Crippen molar-refractivity contribution in [3.05, 3.63) is 41.0 Å². The van der Waals surface area contributed by atoms with Crippen molar-refractivity contribution >= 4 is 11.9 Å². The van der Waals surface area contributed by atoms with Crippen molar-refractivity contribution in [2.75, 3.05) is 20.2 Å². The normalized spacial score (nSPS) is 14.7. The van der Waals surface area contributed by atoms with Crippen LogP contribution in [0.15, 0.2) is 29.8 Å². The first-order valence-electron chi connectivity index (χ1n) is 6.39. The third-order valence-electron chi connectivity index (χ3n) is 3.37. The Labute approximate surface area is 117 Å². The molecule has 0 bridgehead atoms. The van der Waals surface area contributed by atoms with E-state index in [9.17, 15) is 9.59 Å². The van der Waals surface area contributed by atoms with Gasteiger partial charge in [0.2, 0.25) is 0 Å². The molecular weight excluding hydrogens is 258 g/mol. The van der Waals surface area contributed by atoms with Crippen LogP contribution >= 0.6 is 0 Å². The molecule has 0 spiro atoms. The number of nitrogens with zero attached hydrogens (tertiary/aromatic N) is 1. The third-order valence-corrected chi connectivity index (χ3v) is 3.37. The molecule has 0 atom stereocenters. The second kappa shape index (κ2) is 5.77. The minimum atomic E-state index is -0.969. The van der Waals surface area contributed by atoms with E-state index < -0.39 is 5.97 Å². The molecule has 1 aliphatic heterocycles. The van der Waals surface area contributed by atoms with Crippen LogP contribution in [0.3, 0.4) is 0 Å². The first-order chi connectivity index (χ1) is 9.52. The highest BCUT2D eigenvalue weighted by atomic mass is 16.5. The summed E-state index contributed by atoms with van der Waals surface area (Å²) in [5.74, 6) is -0.485. The van der Waals surface area contributed by atoms with E-state index in [2.05, 4.69) is 0 Å². The zero-order chi connectivity index (χ0) is 14.7. The van der Waals surface area contributed by atoms with Crippen molar-refractivity contribution < 1.29 is 19.4 Å².